The van der Waals surface area contributed by atoms with E-state index in [1.165, 1.54) is 40.3 Å². The van der Waals surface area contributed by atoms with Crippen LogP contribution >= 0.6 is 22.7 Å². The molecule has 70 heavy (non-hydrogen) atoms. The maximum atomic E-state index is 11.1. The molecule has 0 aliphatic rings. The Hall–Kier alpha value is -9.43. The molecule has 14 rings (SSSR count). The van der Waals surface area contributed by atoms with Crippen molar-refractivity contribution in [2.45, 2.75) is 0 Å². The Balaban J connectivity index is 0.950. The fourth-order valence-corrected chi connectivity index (χ4v) is 13.1. The van der Waals surface area contributed by atoms with Crippen molar-refractivity contribution in [1.82, 2.24) is 19.1 Å². The standard InChI is InChI=1S/C61H31N7S2/c62-32-38-30-36(22-26-47(38)67-49-18-8-4-16-44(49)55-51(67)28-24-42-40-14-6-10-20-53(40)69-59(42)55)57-46(34-64)58(66-61(65-57)35-12-2-1-3-13-35)37-23-27-48(39(31-37)33-63)68-50-19-9-5-17-45(50)56-52(68)29-25-43-41-15-7-11-21-54(41)70-60(43)56/h1-31H. The molecule has 322 valence electrons. The van der Waals surface area contributed by atoms with Gasteiger partial charge in [-0.2, -0.15) is 15.8 Å². The summed E-state index contributed by atoms with van der Waals surface area (Å²) in [5, 5.41) is 42.5. The Labute approximate surface area is 407 Å². The molecule has 9 aromatic carbocycles. The van der Waals surface area contributed by atoms with E-state index in [0.29, 0.717) is 39.5 Å². The molecule has 5 heterocycles. The molecule has 5 aromatic heterocycles. The number of thiophene rings is 2. The maximum absolute atomic E-state index is 11.1. The molecule has 0 bridgehead atoms. The number of hydrogen-bond donors (Lipinski definition) is 0. The first-order chi connectivity index (χ1) is 34.6. The normalized spacial score (nSPS) is 11.7. The highest BCUT2D eigenvalue weighted by molar-refractivity contribution is 7.27. The SMILES string of the molecule is N#Cc1cc(-c2nc(-c3ccccc3)nc(-c3ccc(-n4c5ccccc5c5c6sc7ccccc7c6ccc54)c(C#N)c3)c2C#N)ccc1-n1c2ccccc2c2c3sc4ccccc4c3ccc21. The van der Waals surface area contributed by atoms with Crippen LogP contribution in [0.25, 0.3) is 129 Å². The van der Waals surface area contributed by atoms with Gasteiger partial charge >= 0.3 is 0 Å². The minimum atomic E-state index is 0.237. The lowest BCUT2D eigenvalue weighted by Crippen LogP contribution is -2.03. The first-order valence-corrected chi connectivity index (χ1v) is 24.4. The summed E-state index contributed by atoms with van der Waals surface area (Å²) < 4.78 is 9.23. The maximum Gasteiger partial charge on any atom is 0.160 e. The van der Waals surface area contributed by atoms with E-state index in [-0.39, 0.29) is 5.56 Å². The zero-order valence-corrected chi connectivity index (χ0v) is 38.5. The van der Waals surface area contributed by atoms with Crippen LogP contribution in [-0.2, 0) is 0 Å². The monoisotopic (exact) mass is 925 g/mol. The van der Waals surface area contributed by atoms with Crippen LogP contribution in [-0.4, -0.2) is 19.1 Å². The van der Waals surface area contributed by atoms with Crippen LogP contribution in [0.3, 0.4) is 0 Å². The third-order valence-electron chi connectivity index (χ3n) is 13.7. The molecule has 0 atom stereocenters. The first kappa shape index (κ1) is 39.7. The fraction of sp³-hybridized carbons (Fsp3) is 0. The zero-order valence-electron chi connectivity index (χ0n) is 36.8. The zero-order chi connectivity index (χ0) is 46.6. The van der Waals surface area contributed by atoms with Gasteiger partial charge in [-0.1, -0.05) is 127 Å². The third kappa shape index (κ3) is 5.70. The summed E-state index contributed by atoms with van der Waals surface area (Å²) in [6, 6.07) is 71.0. The van der Waals surface area contributed by atoms with Gasteiger partial charge in [0.25, 0.3) is 0 Å². The summed E-state index contributed by atoms with van der Waals surface area (Å²) in [6.45, 7) is 0. The number of nitriles is 3. The van der Waals surface area contributed by atoms with Crippen molar-refractivity contribution in [3.05, 3.63) is 205 Å². The van der Waals surface area contributed by atoms with Crippen molar-refractivity contribution in [3.63, 3.8) is 0 Å². The molecule has 9 heteroatoms. The van der Waals surface area contributed by atoms with E-state index in [4.69, 9.17) is 9.97 Å². The Bertz CT molecular complexity index is 4430. The van der Waals surface area contributed by atoms with Gasteiger partial charge in [0.15, 0.2) is 5.82 Å². The predicted molar refractivity (Wildman–Crippen MR) is 287 cm³/mol. The van der Waals surface area contributed by atoms with Crippen LogP contribution in [0, 0.1) is 34.0 Å². The topological polar surface area (TPSA) is 107 Å². The predicted octanol–water partition coefficient (Wildman–Crippen LogP) is 16.0. The van der Waals surface area contributed by atoms with E-state index < -0.39 is 0 Å². The summed E-state index contributed by atoms with van der Waals surface area (Å²) >= 11 is 3.58. The van der Waals surface area contributed by atoms with Gasteiger partial charge < -0.3 is 9.13 Å². The second-order valence-corrected chi connectivity index (χ2v) is 19.5. The van der Waals surface area contributed by atoms with Gasteiger partial charge in [0.2, 0.25) is 0 Å². The largest absolute Gasteiger partial charge is 0.308 e. The smallest absolute Gasteiger partial charge is 0.160 e. The Morgan fingerprint density at radius 2 is 0.814 bits per heavy atom. The number of aromatic nitrogens is 4. The number of benzene rings is 9. The van der Waals surface area contributed by atoms with Crippen molar-refractivity contribution < 1.29 is 0 Å². The molecule has 0 N–H and O–H groups in total. The van der Waals surface area contributed by atoms with Crippen molar-refractivity contribution in [2.75, 3.05) is 0 Å². The molecule has 0 fully saturated rings. The first-order valence-electron chi connectivity index (χ1n) is 22.7. The Morgan fingerprint density at radius 1 is 0.371 bits per heavy atom. The summed E-state index contributed by atoms with van der Waals surface area (Å²) in [7, 11) is 0. The van der Waals surface area contributed by atoms with Gasteiger partial charge in [-0.05, 0) is 60.7 Å². The van der Waals surface area contributed by atoms with Crippen LogP contribution < -0.4 is 0 Å². The van der Waals surface area contributed by atoms with E-state index >= 15 is 0 Å². The molecule has 0 aliphatic carbocycles. The molecule has 0 amide bonds. The Kier molecular flexibility index (Phi) is 8.68. The van der Waals surface area contributed by atoms with Gasteiger partial charge in [-0.3, -0.25) is 0 Å². The lowest BCUT2D eigenvalue weighted by Gasteiger charge is -2.15. The van der Waals surface area contributed by atoms with E-state index in [9.17, 15) is 15.8 Å². The van der Waals surface area contributed by atoms with Gasteiger partial charge in [-0.25, -0.2) is 9.97 Å². The van der Waals surface area contributed by atoms with Crippen LogP contribution in [0.4, 0.5) is 0 Å². The van der Waals surface area contributed by atoms with Crippen LogP contribution in [0.15, 0.2) is 188 Å². The Morgan fingerprint density at radius 3 is 1.29 bits per heavy atom. The molecule has 0 spiro atoms. The average Bonchev–Trinajstić information content (AvgIpc) is 4.18. The van der Waals surface area contributed by atoms with E-state index in [0.717, 1.165) is 60.5 Å². The van der Waals surface area contributed by atoms with Crippen LogP contribution in [0.5, 0.6) is 0 Å². The van der Waals surface area contributed by atoms with Crippen molar-refractivity contribution in [3.8, 4) is 63.5 Å². The minimum absolute atomic E-state index is 0.237. The van der Waals surface area contributed by atoms with Crippen LogP contribution in [0.2, 0.25) is 0 Å². The summed E-state index contributed by atoms with van der Waals surface area (Å²) in [6.07, 6.45) is 0. The second-order valence-electron chi connectivity index (χ2n) is 17.4. The third-order valence-corrected chi connectivity index (χ3v) is 16.1. The average molecular weight is 926 g/mol. The van der Waals surface area contributed by atoms with Gasteiger partial charge in [-0.15, -0.1) is 22.7 Å². The van der Waals surface area contributed by atoms with E-state index in [1.54, 1.807) is 22.7 Å². The molecule has 0 aliphatic heterocycles. The van der Waals surface area contributed by atoms with Gasteiger partial charge in [0, 0.05) is 78.6 Å². The fourth-order valence-electron chi connectivity index (χ4n) is 10.6. The molecule has 7 nitrogen and oxygen atoms in total. The molecular formula is C61H31N7S2. The molecule has 0 unspecified atom stereocenters. The minimum Gasteiger partial charge on any atom is -0.308 e. The summed E-state index contributed by atoms with van der Waals surface area (Å²) in [4.78, 5) is 10.2. The number of rotatable bonds is 5. The highest BCUT2D eigenvalue weighted by Crippen LogP contribution is 2.46. The van der Waals surface area contributed by atoms with Crippen LogP contribution in [0.1, 0.15) is 16.7 Å². The molecule has 14 aromatic rings. The second kappa shape index (κ2) is 15.3. The van der Waals surface area contributed by atoms with Gasteiger partial charge in [0.05, 0.1) is 56.0 Å². The number of para-hydroxylation sites is 2. The number of nitrogens with zero attached hydrogens (tertiary/aromatic N) is 7. The quantitative estimate of drug-likeness (QED) is 0.171. The number of fused-ring (bicyclic) bond motifs is 14. The van der Waals surface area contributed by atoms with E-state index in [1.807, 2.05) is 78.9 Å². The summed E-state index contributed by atoms with van der Waals surface area (Å²) in [5.41, 5.74) is 9.27. The molecular weight excluding hydrogens is 895 g/mol. The van der Waals surface area contributed by atoms with Crippen molar-refractivity contribution in [1.29, 1.82) is 15.8 Å². The van der Waals surface area contributed by atoms with Gasteiger partial charge in [0.1, 0.15) is 23.8 Å². The summed E-state index contributed by atoms with van der Waals surface area (Å²) in [5.74, 6) is 0.416. The molecule has 0 saturated carbocycles. The highest BCUT2D eigenvalue weighted by atomic mass is 32.1. The van der Waals surface area contributed by atoms with E-state index in [2.05, 4.69) is 137 Å². The number of hydrogen-bond acceptors (Lipinski definition) is 7. The lowest BCUT2D eigenvalue weighted by molar-refractivity contribution is 1.15. The van der Waals surface area contributed by atoms with Crippen molar-refractivity contribution >= 4 is 107 Å². The molecule has 0 saturated heterocycles. The lowest BCUT2D eigenvalue weighted by atomic mass is 9.97. The highest BCUT2D eigenvalue weighted by Gasteiger charge is 2.25. The van der Waals surface area contributed by atoms with Crippen molar-refractivity contribution in [2.24, 2.45) is 0 Å². The molecule has 0 radical (unpaired) electrons.